The lowest BCUT2D eigenvalue weighted by molar-refractivity contribution is -0.123. The van der Waals surface area contributed by atoms with Crippen molar-refractivity contribution in [3.05, 3.63) is 59.2 Å². The Bertz CT molecular complexity index is 798. The number of hydrazone groups is 1. The maximum atomic E-state index is 12.1. The molecule has 138 valence electrons. The average molecular weight is 354 g/mol. The number of ether oxygens (including phenoxy) is 1. The summed E-state index contributed by atoms with van der Waals surface area (Å²) in [6, 6.07) is 12.9. The molecule has 0 saturated heterocycles. The van der Waals surface area contributed by atoms with Crippen LogP contribution in [0.3, 0.4) is 0 Å². The molecule has 0 radical (unpaired) electrons. The van der Waals surface area contributed by atoms with E-state index >= 15 is 0 Å². The first-order valence-electron chi connectivity index (χ1n) is 8.79. The molecule has 0 heterocycles. The highest BCUT2D eigenvalue weighted by molar-refractivity contribution is 6.03. The topological polar surface area (TPSA) is 70.9 Å². The Morgan fingerprint density at radius 1 is 1.23 bits per heavy atom. The van der Waals surface area contributed by atoms with E-state index in [0.29, 0.717) is 23.6 Å². The molecule has 0 spiro atoms. The Morgan fingerprint density at radius 2 is 1.96 bits per heavy atom. The van der Waals surface area contributed by atoms with Gasteiger partial charge in [0.05, 0.1) is 5.71 Å². The lowest BCUT2D eigenvalue weighted by Crippen LogP contribution is -2.26. The van der Waals surface area contributed by atoms with E-state index in [0.717, 1.165) is 16.9 Å². The molecule has 0 aliphatic heterocycles. The van der Waals surface area contributed by atoms with Gasteiger partial charge < -0.3 is 9.84 Å². The van der Waals surface area contributed by atoms with Crippen molar-refractivity contribution < 1.29 is 14.6 Å². The van der Waals surface area contributed by atoms with Crippen LogP contribution in [0.2, 0.25) is 0 Å². The monoisotopic (exact) mass is 354 g/mol. The Kier molecular flexibility index (Phi) is 6.78. The van der Waals surface area contributed by atoms with Crippen molar-refractivity contribution in [1.29, 1.82) is 0 Å². The number of hydrogen-bond donors (Lipinski definition) is 2. The number of phenols is 1. The van der Waals surface area contributed by atoms with Crippen molar-refractivity contribution in [2.45, 2.75) is 40.0 Å². The van der Waals surface area contributed by atoms with Crippen LogP contribution < -0.4 is 10.2 Å². The molecule has 2 aromatic rings. The number of carbonyl (C=O) groups excluding carboxylic acids is 1. The second-order valence-corrected chi connectivity index (χ2v) is 6.45. The minimum atomic E-state index is -0.345. The van der Waals surface area contributed by atoms with Gasteiger partial charge in [-0.3, -0.25) is 4.79 Å². The van der Waals surface area contributed by atoms with Gasteiger partial charge in [0.2, 0.25) is 0 Å². The molecular weight excluding hydrogens is 328 g/mol. The lowest BCUT2D eigenvalue weighted by Gasteiger charge is -2.14. The quantitative estimate of drug-likeness (QED) is 0.580. The second-order valence-electron chi connectivity index (χ2n) is 6.45. The Hall–Kier alpha value is -2.82. The summed E-state index contributed by atoms with van der Waals surface area (Å²) < 4.78 is 5.71. The van der Waals surface area contributed by atoms with Crippen LogP contribution in [0.25, 0.3) is 0 Å². The lowest BCUT2D eigenvalue weighted by atomic mass is 10.0. The van der Waals surface area contributed by atoms with Crippen molar-refractivity contribution in [1.82, 2.24) is 5.43 Å². The van der Waals surface area contributed by atoms with E-state index in [1.165, 1.54) is 0 Å². The smallest absolute Gasteiger partial charge is 0.277 e. The SMILES string of the molecule is CCC(=NNC(=O)COc1cc(C)ccc1C(C)C)c1ccccc1O. The number of aryl methyl sites for hydroxylation is 1. The predicted molar refractivity (Wildman–Crippen MR) is 104 cm³/mol. The van der Waals surface area contributed by atoms with E-state index < -0.39 is 0 Å². The highest BCUT2D eigenvalue weighted by atomic mass is 16.5. The number of phenolic OH excluding ortho intramolecular Hbond substituents is 1. The molecule has 2 N–H and O–H groups in total. The third-order valence-corrected chi connectivity index (χ3v) is 4.02. The summed E-state index contributed by atoms with van der Waals surface area (Å²) in [6.45, 7) is 7.95. The van der Waals surface area contributed by atoms with E-state index in [2.05, 4.69) is 24.4 Å². The molecule has 2 rings (SSSR count). The van der Waals surface area contributed by atoms with E-state index in [-0.39, 0.29) is 18.3 Å². The molecule has 0 unspecified atom stereocenters. The van der Waals surface area contributed by atoms with Crippen LogP contribution in [0.15, 0.2) is 47.6 Å². The van der Waals surface area contributed by atoms with Gasteiger partial charge in [-0.1, -0.05) is 45.0 Å². The molecule has 0 saturated carbocycles. The van der Waals surface area contributed by atoms with Crippen molar-refractivity contribution in [2.24, 2.45) is 5.10 Å². The summed E-state index contributed by atoms with van der Waals surface area (Å²) in [6.07, 6.45) is 0.577. The van der Waals surface area contributed by atoms with Crippen LogP contribution in [0.1, 0.15) is 49.8 Å². The zero-order chi connectivity index (χ0) is 19.1. The highest BCUT2D eigenvalue weighted by Crippen LogP contribution is 2.27. The van der Waals surface area contributed by atoms with Crippen LogP contribution in [0.4, 0.5) is 0 Å². The van der Waals surface area contributed by atoms with Crippen molar-refractivity contribution in [3.63, 3.8) is 0 Å². The fourth-order valence-corrected chi connectivity index (χ4v) is 2.60. The number of carbonyl (C=O) groups is 1. The molecule has 0 fully saturated rings. The van der Waals surface area contributed by atoms with Crippen LogP contribution in [-0.2, 0) is 4.79 Å². The third kappa shape index (κ3) is 5.09. The van der Waals surface area contributed by atoms with E-state index in [1.807, 2.05) is 38.1 Å². The molecular formula is C21H26N2O3. The fraction of sp³-hybridized carbons (Fsp3) is 0.333. The normalized spacial score (nSPS) is 11.5. The first-order chi connectivity index (χ1) is 12.4. The summed E-state index contributed by atoms with van der Waals surface area (Å²) in [5, 5.41) is 14.1. The van der Waals surface area contributed by atoms with E-state index in [1.54, 1.807) is 18.2 Å². The number of amides is 1. The Labute approximate surface area is 154 Å². The summed E-state index contributed by atoms with van der Waals surface area (Å²) in [5.74, 6) is 0.817. The van der Waals surface area contributed by atoms with Crippen LogP contribution in [0, 0.1) is 6.92 Å². The molecule has 1 amide bonds. The number of para-hydroxylation sites is 1. The van der Waals surface area contributed by atoms with Crippen LogP contribution in [0.5, 0.6) is 11.5 Å². The minimum Gasteiger partial charge on any atom is -0.507 e. The second kappa shape index (κ2) is 9.04. The largest absolute Gasteiger partial charge is 0.507 e. The van der Waals surface area contributed by atoms with Crippen molar-refractivity contribution in [3.8, 4) is 11.5 Å². The van der Waals surface area contributed by atoms with Gasteiger partial charge in [-0.15, -0.1) is 0 Å². The number of rotatable bonds is 7. The number of aromatic hydroxyl groups is 1. The fourth-order valence-electron chi connectivity index (χ4n) is 2.60. The predicted octanol–water partition coefficient (Wildman–Crippen LogP) is 4.13. The molecule has 0 atom stereocenters. The summed E-state index contributed by atoms with van der Waals surface area (Å²) in [5.41, 5.74) is 5.87. The molecule has 0 bridgehead atoms. The van der Waals surface area contributed by atoms with Gasteiger partial charge in [-0.2, -0.15) is 5.10 Å². The molecule has 0 aromatic heterocycles. The van der Waals surface area contributed by atoms with Gasteiger partial charge in [0.1, 0.15) is 11.5 Å². The van der Waals surface area contributed by atoms with Gasteiger partial charge in [0, 0.05) is 5.56 Å². The summed E-state index contributed by atoms with van der Waals surface area (Å²) in [7, 11) is 0. The van der Waals surface area contributed by atoms with Gasteiger partial charge in [0.25, 0.3) is 5.91 Å². The number of benzene rings is 2. The zero-order valence-electron chi connectivity index (χ0n) is 15.7. The molecule has 26 heavy (non-hydrogen) atoms. The van der Waals surface area contributed by atoms with E-state index in [4.69, 9.17) is 4.74 Å². The van der Waals surface area contributed by atoms with Crippen LogP contribution in [-0.4, -0.2) is 23.3 Å². The van der Waals surface area contributed by atoms with Crippen molar-refractivity contribution >= 4 is 11.6 Å². The Morgan fingerprint density at radius 3 is 2.62 bits per heavy atom. The summed E-state index contributed by atoms with van der Waals surface area (Å²) >= 11 is 0. The average Bonchev–Trinajstić information content (AvgIpc) is 2.61. The maximum absolute atomic E-state index is 12.1. The maximum Gasteiger partial charge on any atom is 0.277 e. The highest BCUT2D eigenvalue weighted by Gasteiger charge is 2.11. The first kappa shape index (κ1) is 19.5. The summed E-state index contributed by atoms with van der Waals surface area (Å²) in [4.78, 5) is 12.1. The zero-order valence-corrected chi connectivity index (χ0v) is 15.7. The minimum absolute atomic E-state index is 0.121. The van der Waals surface area contributed by atoms with E-state index in [9.17, 15) is 9.90 Å². The molecule has 2 aromatic carbocycles. The number of nitrogens with one attached hydrogen (secondary N) is 1. The third-order valence-electron chi connectivity index (χ3n) is 4.02. The molecule has 0 aliphatic rings. The molecule has 5 nitrogen and oxygen atoms in total. The molecule has 5 heteroatoms. The van der Waals surface area contributed by atoms with Crippen LogP contribution >= 0.6 is 0 Å². The first-order valence-corrected chi connectivity index (χ1v) is 8.79. The van der Waals surface area contributed by atoms with Gasteiger partial charge in [0.15, 0.2) is 6.61 Å². The van der Waals surface area contributed by atoms with Gasteiger partial charge in [-0.25, -0.2) is 5.43 Å². The number of nitrogens with zero attached hydrogens (tertiary/aromatic N) is 1. The van der Waals surface area contributed by atoms with Gasteiger partial charge >= 0.3 is 0 Å². The standard InChI is InChI=1S/C21H26N2O3/c1-5-18(17-8-6-7-9-19(17)24)22-23-21(25)13-26-20-12-15(4)10-11-16(20)14(2)3/h6-12,14,24H,5,13H2,1-4H3,(H,23,25). The molecule has 0 aliphatic carbocycles. The number of hydrogen-bond acceptors (Lipinski definition) is 4. The van der Waals surface area contributed by atoms with Crippen molar-refractivity contribution in [2.75, 3.05) is 6.61 Å². The van der Waals surface area contributed by atoms with Gasteiger partial charge in [-0.05, 0) is 48.6 Å². The Balaban J connectivity index is 2.03.